The van der Waals surface area contributed by atoms with Crippen LogP contribution in [-0.4, -0.2) is 23.0 Å². The monoisotopic (exact) mass is 418 g/mol. The molecule has 0 aliphatic heterocycles. The van der Waals surface area contributed by atoms with E-state index < -0.39 is 11.7 Å². The number of fused-ring (bicyclic) bond motifs is 1. The van der Waals surface area contributed by atoms with Crippen LogP contribution in [0.5, 0.6) is 11.5 Å². The van der Waals surface area contributed by atoms with Crippen LogP contribution in [0.15, 0.2) is 28.7 Å². The highest BCUT2D eigenvalue weighted by Crippen LogP contribution is 2.48. The molecule has 0 radical (unpaired) electrons. The Morgan fingerprint density at radius 2 is 1.54 bits per heavy atom. The lowest BCUT2D eigenvalue weighted by Crippen LogP contribution is -2.04. The van der Waals surface area contributed by atoms with Gasteiger partial charge in [0.15, 0.2) is 11.5 Å². The highest BCUT2D eigenvalue weighted by Gasteiger charge is 2.30. The maximum atomic E-state index is 12.8. The molecule has 1 aromatic heterocycles. The number of methoxy groups -OCH3 is 2. The SMILES string of the molecule is COc1c(OC)c(-c2ccc(C(F)(F)F)cc2)c2nsnc2c1Br. The smallest absolute Gasteiger partial charge is 0.416 e. The second kappa shape index (κ2) is 6.21. The third-order valence-corrected chi connectivity index (χ3v) is 4.74. The number of hydrogen-bond donors (Lipinski definition) is 0. The first-order chi connectivity index (χ1) is 11.4. The van der Waals surface area contributed by atoms with Crippen LogP contribution >= 0.6 is 27.7 Å². The molecule has 1 heterocycles. The predicted octanol–water partition coefficient (Wildman–Crippen LogP) is 5.16. The molecule has 0 N–H and O–H groups in total. The van der Waals surface area contributed by atoms with Crippen molar-refractivity contribution in [3.05, 3.63) is 34.3 Å². The van der Waals surface area contributed by atoms with E-state index in [0.717, 1.165) is 23.9 Å². The number of halogens is 4. The highest BCUT2D eigenvalue weighted by molar-refractivity contribution is 9.10. The van der Waals surface area contributed by atoms with Gasteiger partial charge in [-0.05, 0) is 33.6 Å². The summed E-state index contributed by atoms with van der Waals surface area (Å²) in [5.41, 5.74) is 1.44. The Bertz CT molecular complexity index is 894. The average Bonchev–Trinajstić information content (AvgIpc) is 3.03. The number of rotatable bonds is 3. The summed E-state index contributed by atoms with van der Waals surface area (Å²) < 4.78 is 58.2. The number of aromatic nitrogens is 2. The fourth-order valence-electron chi connectivity index (χ4n) is 2.40. The van der Waals surface area contributed by atoms with E-state index in [2.05, 4.69) is 24.7 Å². The molecule has 0 aliphatic rings. The van der Waals surface area contributed by atoms with E-state index >= 15 is 0 Å². The van der Waals surface area contributed by atoms with Crippen LogP contribution in [-0.2, 0) is 6.18 Å². The molecular weight excluding hydrogens is 409 g/mol. The molecule has 4 nitrogen and oxygen atoms in total. The summed E-state index contributed by atoms with van der Waals surface area (Å²) in [4.78, 5) is 0. The molecule has 0 atom stereocenters. The van der Waals surface area contributed by atoms with Gasteiger partial charge in [-0.3, -0.25) is 0 Å². The normalized spacial score (nSPS) is 11.8. The van der Waals surface area contributed by atoms with Crippen LogP contribution in [0.3, 0.4) is 0 Å². The summed E-state index contributed by atoms with van der Waals surface area (Å²) in [7, 11) is 2.94. The molecule has 0 saturated carbocycles. The van der Waals surface area contributed by atoms with E-state index in [9.17, 15) is 13.2 Å². The molecule has 0 fully saturated rings. The molecule has 2 aromatic carbocycles. The Morgan fingerprint density at radius 1 is 0.958 bits per heavy atom. The molecule has 0 saturated heterocycles. The largest absolute Gasteiger partial charge is 0.492 e. The lowest BCUT2D eigenvalue weighted by Gasteiger charge is -2.15. The lowest BCUT2D eigenvalue weighted by atomic mass is 10.0. The molecule has 3 rings (SSSR count). The number of alkyl halides is 3. The Morgan fingerprint density at radius 3 is 2.08 bits per heavy atom. The number of ether oxygens (including phenoxy) is 2. The van der Waals surface area contributed by atoms with Crippen molar-refractivity contribution in [3.8, 4) is 22.6 Å². The molecule has 126 valence electrons. The van der Waals surface area contributed by atoms with Gasteiger partial charge in [0.2, 0.25) is 0 Å². The Hall–Kier alpha value is -1.87. The van der Waals surface area contributed by atoms with Gasteiger partial charge in [-0.15, -0.1) is 0 Å². The quantitative estimate of drug-likeness (QED) is 0.589. The van der Waals surface area contributed by atoms with Crippen LogP contribution in [0, 0.1) is 0 Å². The van der Waals surface area contributed by atoms with Gasteiger partial charge in [-0.25, -0.2) is 0 Å². The van der Waals surface area contributed by atoms with Crippen LogP contribution in [0.2, 0.25) is 0 Å². The van der Waals surface area contributed by atoms with E-state index in [0.29, 0.717) is 38.1 Å². The molecule has 0 unspecified atom stereocenters. The summed E-state index contributed by atoms with van der Waals surface area (Å²) in [5.74, 6) is 0.789. The van der Waals surface area contributed by atoms with Crippen molar-refractivity contribution in [2.45, 2.75) is 6.18 Å². The van der Waals surface area contributed by atoms with Crippen LogP contribution in [0.1, 0.15) is 5.56 Å². The molecule has 24 heavy (non-hydrogen) atoms. The molecule has 9 heteroatoms. The number of hydrogen-bond acceptors (Lipinski definition) is 5. The number of benzene rings is 2. The van der Waals surface area contributed by atoms with E-state index in [-0.39, 0.29) is 0 Å². The summed E-state index contributed by atoms with van der Waals surface area (Å²) in [6.45, 7) is 0. The minimum absolute atomic E-state index is 0.379. The maximum Gasteiger partial charge on any atom is 0.416 e. The zero-order valence-electron chi connectivity index (χ0n) is 12.4. The fourth-order valence-corrected chi connectivity index (χ4v) is 3.69. The molecular formula is C15H10BrF3N2O2S. The Kier molecular flexibility index (Phi) is 4.39. The maximum absolute atomic E-state index is 12.8. The van der Waals surface area contributed by atoms with Gasteiger partial charge in [-0.2, -0.15) is 21.9 Å². The average molecular weight is 419 g/mol. The van der Waals surface area contributed by atoms with Crippen molar-refractivity contribution in [1.82, 2.24) is 8.75 Å². The summed E-state index contributed by atoms with van der Waals surface area (Å²) in [6, 6.07) is 4.81. The van der Waals surface area contributed by atoms with E-state index in [4.69, 9.17) is 9.47 Å². The summed E-state index contributed by atoms with van der Waals surface area (Å²) in [5, 5.41) is 0. The molecule has 0 amide bonds. The van der Waals surface area contributed by atoms with E-state index in [1.54, 1.807) is 0 Å². The van der Waals surface area contributed by atoms with Gasteiger partial charge < -0.3 is 9.47 Å². The Balaban J connectivity index is 2.29. The van der Waals surface area contributed by atoms with Crippen molar-refractivity contribution in [1.29, 1.82) is 0 Å². The lowest BCUT2D eigenvalue weighted by molar-refractivity contribution is -0.137. The van der Waals surface area contributed by atoms with Gasteiger partial charge >= 0.3 is 6.18 Å². The van der Waals surface area contributed by atoms with Gasteiger partial charge in [0.25, 0.3) is 0 Å². The standard InChI is InChI=1S/C15H10BrF3N2O2S/c1-22-13-9(7-3-5-8(6-4-7)15(17,18)19)11-12(21-24-20-11)10(16)14(13)23-2/h3-6H,1-2H3. The Labute approximate surface area is 147 Å². The van der Waals surface area contributed by atoms with Crippen molar-refractivity contribution in [2.24, 2.45) is 0 Å². The molecule has 3 aromatic rings. The van der Waals surface area contributed by atoms with E-state index in [1.807, 2.05) is 0 Å². The fraction of sp³-hybridized carbons (Fsp3) is 0.200. The first-order valence-electron chi connectivity index (χ1n) is 6.61. The van der Waals surface area contributed by atoms with Gasteiger partial charge in [0.1, 0.15) is 11.0 Å². The van der Waals surface area contributed by atoms with Crippen LogP contribution in [0.25, 0.3) is 22.2 Å². The van der Waals surface area contributed by atoms with Crippen molar-refractivity contribution >= 4 is 38.7 Å². The zero-order valence-corrected chi connectivity index (χ0v) is 14.8. The second-order valence-electron chi connectivity index (χ2n) is 4.79. The third kappa shape index (κ3) is 2.71. The minimum Gasteiger partial charge on any atom is -0.492 e. The highest BCUT2D eigenvalue weighted by atomic mass is 79.9. The summed E-state index contributed by atoms with van der Waals surface area (Å²) in [6.07, 6.45) is -4.39. The van der Waals surface area contributed by atoms with Crippen molar-refractivity contribution < 1.29 is 22.6 Å². The first kappa shape index (κ1) is 17.0. The topological polar surface area (TPSA) is 44.2 Å². The second-order valence-corrected chi connectivity index (χ2v) is 6.11. The molecule has 0 spiro atoms. The van der Waals surface area contributed by atoms with E-state index in [1.165, 1.54) is 26.4 Å². The number of nitrogens with zero attached hydrogens (tertiary/aromatic N) is 2. The zero-order chi connectivity index (χ0) is 17.5. The van der Waals surface area contributed by atoms with Crippen molar-refractivity contribution in [2.75, 3.05) is 14.2 Å². The van der Waals surface area contributed by atoms with Crippen LogP contribution in [0.4, 0.5) is 13.2 Å². The first-order valence-corrected chi connectivity index (χ1v) is 8.14. The van der Waals surface area contributed by atoms with Crippen LogP contribution < -0.4 is 9.47 Å². The van der Waals surface area contributed by atoms with Gasteiger partial charge in [0, 0.05) is 0 Å². The van der Waals surface area contributed by atoms with Gasteiger partial charge in [-0.1, -0.05) is 12.1 Å². The predicted molar refractivity (Wildman–Crippen MR) is 88.7 cm³/mol. The summed E-state index contributed by atoms with van der Waals surface area (Å²) >= 11 is 4.41. The minimum atomic E-state index is -4.39. The van der Waals surface area contributed by atoms with Crippen molar-refractivity contribution in [3.63, 3.8) is 0 Å². The molecule has 0 bridgehead atoms. The molecule has 0 aliphatic carbocycles. The third-order valence-electron chi connectivity index (χ3n) is 3.48. The van der Waals surface area contributed by atoms with Gasteiger partial charge in [0.05, 0.1) is 41.5 Å².